The summed E-state index contributed by atoms with van der Waals surface area (Å²) in [5.74, 6) is 1.75. The molecular formula is C30H53N5O3. The predicted molar refractivity (Wildman–Crippen MR) is 153 cm³/mol. The molecule has 5 aliphatic rings. The number of amides is 1. The number of β-amino-alcohol motifs (C(OH)–C–C–N with tert-alkyl or cyclic N) is 1. The minimum absolute atomic E-state index is 0.175. The van der Waals surface area contributed by atoms with Crippen LogP contribution in [-0.4, -0.2) is 87.3 Å². The number of carbonyl (C=O) groups is 1. The molecule has 3 saturated heterocycles. The number of hydrogen-bond acceptors (Lipinski definition) is 6. The Morgan fingerprint density at radius 1 is 1.11 bits per heavy atom. The van der Waals surface area contributed by atoms with Crippen LogP contribution in [0.5, 0.6) is 0 Å². The van der Waals surface area contributed by atoms with Crippen LogP contribution in [0.3, 0.4) is 0 Å². The van der Waals surface area contributed by atoms with Crippen LogP contribution < -0.4 is 4.90 Å². The van der Waals surface area contributed by atoms with Crippen molar-refractivity contribution < 1.29 is 14.6 Å². The zero-order chi connectivity index (χ0) is 28.1. The van der Waals surface area contributed by atoms with Crippen molar-refractivity contribution in [1.82, 2.24) is 19.6 Å². The van der Waals surface area contributed by atoms with Gasteiger partial charge >= 0.3 is 6.09 Å². The van der Waals surface area contributed by atoms with E-state index in [2.05, 4.69) is 48.4 Å². The molecule has 1 spiro atoms. The standard InChI is InChI=1S/C22H36N4O2.C6H11NO.C2H6/c1-16-11-18(25-10-8-7-9-21(25,5)6)23-26(16)17-12-22(13-17)14-24(15-22)19(27)28-20(2,3)4;1-7-3-5-2-6(5,8)4-7;1-2/h11,17H,7-10,12-15H2,1-6H3;5,8H,2-4H2,1H3;1-2H3. The molecule has 1 aromatic rings. The smallest absolute Gasteiger partial charge is 0.410 e. The highest BCUT2D eigenvalue weighted by atomic mass is 16.6. The summed E-state index contributed by atoms with van der Waals surface area (Å²) in [6, 6.07) is 2.72. The maximum atomic E-state index is 12.2. The summed E-state index contributed by atoms with van der Waals surface area (Å²) in [5.41, 5.74) is 1.05. The van der Waals surface area contributed by atoms with Gasteiger partial charge in [-0.25, -0.2) is 4.79 Å². The van der Waals surface area contributed by atoms with Gasteiger partial charge in [0.05, 0.1) is 11.6 Å². The zero-order valence-corrected chi connectivity index (χ0v) is 25.5. The van der Waals surface area contributed by atoms with Gasteiger partial charge in [-0.1, -0.05) is 13.8 Å². The van der Waals surface area contributed by atoms with Crippen molar-refractivity contribution in [3.05, 3.63) is 11.8 Å². The fraction of sp³-hybridized carbons (Fsp3) is 0.867. The topological polar surface area (TPSA) is 74.1 Å². The summed E-state index contributed by atoms with van der Waals surface area (Å²) in [4.78, 5) is 18.7. The molecule has 2 aliphatic carbocycles. The van der Waals surface area contributed by atoms with Gasteiger partial charge in [0, 0.05) is 61.4 Å². The highest BCUT2D eigenvalue weighted by Gasteiger charge is 2.58. The van der Waals surface area contributed by atoms with Crippen LogP contribution in [-0.2, 0) is 4.74 Å². The monoisotopic (exact) mass is 531 g/mol. The van der Waals surface area contributed by atoms with Crippen molar-refractivity contribution >= 4 is 11.9 Å². The summed E-state index contributed by atoms with van der Waals surface area (Å²) in [5, 5.41) is 14.4. The number of aliphatic hydroxyl groups is 1. The Kier molecular flexibility index (Phi) is 7.92. The molecule has 1 aromatic heterocycles. The first-order chi connectivity index (χ1) is 17.7. The largest absolute Gasteiger partial charge is 0.444 e. The SMILES string of the molecule is CC.CN1CC2CC2(O)C1.Cc1cc(N2CCCCC2(C)C)nn1C1CC2(C1)CN(C(=O)OC(C)(C)C)C2. The van der Waals surface area contributed by atoms with E-state index in [0.717, 1.165) is 57.8 Å². The Bertz CT molecular complexity index is 985. The second-order valence-corrected chi connectivity index (χ2v) is 14.1. The molecule has 5 fully saturated rings. The minimum atomic E-state index is -0.424. The first kappa shape index (κ1) is 29.2. The van der Waals surface area contributed by atoms with Gasteiger partial charge in [0.15, 0.2) is 5.82 Å². The van der Waals surface area contributed by atoms with Crippen molar-refractivity contribution in [2.24, 2.45) is 11.3 Å². The Balaban J connectivity index is 0.000000281. The fourth-order valence-electron chi connectivity index (χ4n) is 6.96. The molecule has 6 rings (SSSR count). The van der Waals surface area contributed by atoms with E-state index in [0.29, 0.717) is 12.0 Å². The molecule has 0 radical (unpaired) electrons. The van der Waals surface area contributed by atoms with Crippen molar-refractivity contribution in [2.45, 2.75) is 117 Å². The van der Waals surface area contributed by atoms with Crippen LogP contribution in [0.2, 0.25) is 0 Å². The van der Waals surface area contributed by atoms with E-state index in [1.807, 2.05) is 39.5 Å². The van der Waals surface area contributed by atoms with Gasteiger partial charge in [-0.2, -0.15) is 5.10 Å². The molecule has 2 unspecified atom stereocenters. The lowest BCUT2D eigenvalue weighted by atomic mass is 9.61. The summed E-state index contributed by atoms with van der Waals surface area (Å²) >= 11 is 0. The number of aryl methyl sites for hydroxylation is 1. The number of anilines is 1. The first-order valence-electron chi connectivity index (χ1n) is 14.9. The second kappa shape index (κ2) is 10.3. The van der Waals surface area contributed by atoms with E-state index in [-0.39, 0.29) is 22.6 Å². The third kappa shape index (κ3) is 6.01. The van der Waals surface area contributed by atoms with E-state index < -0.39 is 5.60 Å². The molecule has 1 amide bonds. The van der Waals surface area contributed by atoms with Crippen LogP contribution in [0.4, 0.5) is 10.6 Å². The molecule has 8 nitrogen and oxygen atoms in total. The van der Waals surface area contributed by atoms with Gasteiger partial charge < -0.3 is 24.5 Å². The number of rotatable bonds is 2. The Morgan fingerprint density at radius 3 is 2.26 bits per heavy atom. The number of hydrogen-bond donors (Lipinski definition) is 1. The lowest BCUT2D eigenvalue weighted by Crippen LogP contribution is -2.64. The molecule has 216 valence electrons. The number of carbonyl (C=O) groups excluding carboxylic acids is 1. The fourth-order valence-corrected chi connectivity index (χ4v) is 6.96. The van der Waals surface area contributed by atoms with Crippen LogP contribution in [0, 0.1) is 18.3 Å². The average Bonchev–Trinajstić information content (AvgIpc) is 3.05. The lowest BCUT2D eigenvalue weighted by molar-refractivity contribution is -0.0930. The molecule has 38 heavy (non-hydrogen) atoms. The number of likely N-dealkylation sites (N-methyl/N-ethyl adjacent to an activating group) is 1. The van der Waals surface area contributed by atoms with Crippen LogP contribution in [0.1, 0.15) is 98.7 Å². The average molecular weight is 532 g/mol. The van der Waals surface area contributed by atoms with Crippen LogP contribution >= 0.6 is 0 Å². The lowest BCUT2D eigenvalue weighted by Gasteiger charge is -2.58. The maximum Gasteiger partial charge on any atom is 0.410 e. The molecule has 8 heteroatoms. The van der Waals surface area contributed by atoms with Gasteiger partial charge in [0.25, 0.3) is 0 Å². The third-order valence-electron chi connectivity index (χ3n) is 9.00. The van der Waals surface area contributed by atoms with E-state index in [4.69, 9.17) is 9.84 Å². The summed E-state index contributed by atoms with van der Waals surface area (Å²) in [6.07, 6.45) is 6.88. The number of nitrogens with zero attached hydrogens (tertiary/aromatic N) is 5. The molecule has 4 heterocycles. The maximum absolute atomic E-state index is 12.2. The first-order valence-corrected chi connectivity index (χ1v) is 14.9. The van der Waals surface area contributed by atoms with Crippen molar-refractivity contribution in [3.8, 4) is 0 Å². The van der Waals surface area contributed by atoms with E-state index >= 15 is 0 Å². The summed E-state index contributed by atoms with van der Waals surface area (Å²) < 4.78 is 7.73. The van der Waals surface area contributed by atoms with Gasteiger partial charge in [0.1, 0.15) is 5.60 Å². The summed E-state index contributed by atoms with van der Waals surface area (Å²) in [7, 11) is 2.06. The van der Waals surface area contributed by atoms with E-state index in [9.17, 15) is 9.90 Å². The number of piperidine rings is 2. The Labute approximate surface area is 230 Å². The Morgan fingerprint density at radius 2 is 1.76 bits per heavy atom. The van der Waals surface area contributed by atoms with Crippen molar-refractivity contribution in [2.75, 3.05) is 44.7 Å². The molecule has 1 N–H and O–H groups in total. The molecule has 2 atom stereocenters. The van der Waals surface area contributed by atoms with E-state index in [1.54, 1.807) is 0 Å². The third-order valence-corrected chi connectivity index (χ3v) is 9.00. The van der Waals surface area contributed by atoms with Gasteiger partial charge in [-0.05, 0) is 87.1 Å². The van der Waals surface area contributed by atoms with Crippen LogP contribution in [0.25, 0.3) is 0 Å². The number of ether oxygens (including phenoxy) is 1. The molecule has 0 bridgehead atoms. The van der Waals surface area contributed by atoms with Gasteiger partial charge in [-0.15, -0.1) is 0 Å². The number of fused-ring (bicyclic) bond motifs is 1. The zero-order valence-electron chi connectivity index (χ0n) is 25.5. The molecule has 2 saturated carbocycles. The van der Waals surface area contributed by atoms with Crippen LogP contribution in [0.15, 0.2) is 6.07 Å². The molecule has 0 aromatic carbocycles. The van der Waals surface area contributed by atoms with Crippen molar-refractivity contribution in [3.63, 3.8) is 0 Å². The molecule has 3 aliphatic heterocycles. The Hall–Kier alpha value is -1.80. The predicted octanol–water partition coefficient (Wildman–Crippen LogP) is 5.24. The molecular weight excluding hydrogens is 478 g/mol. The number of aromatic nitrogens is 2. The number of likely N-dealkylation sites (tertiary alicyclic amines) is 2. The highest BCUT2D eigenvalue weighted by Crippen LogP contribution is 2.54. The normalized spacial score (nSPS) is 29.3. The summed E-state index contributed by atoms with van der Waals surface area (Å²) in [6.45, 7) is 21.3. The van der Waals surface area contributed by atoms with Crippen molar-refractivity contribution in [1.29, 1.82) is 0 Å². The highest BCUT2D eigenvalue weighted by molar-refractivity contribution is 5.69. The minimum Gasteiger partial charge on any atom is -0.444 e. The quantitative estimate of drug-likeness (QED) is 0.563. The van der Waals surface area contributed by atoms with Gasteiger partial charge in [-0.3, -0.25) is 4.68 Å². The van der Waals surface area contributed by atoms with Gasteiger partial charge in [0.2, 0.25) is 0 Å². The van der Waals surface area contributed by atoms with E-state index in [1.165, 1.54) is 25.0 Å². The second-order valence-electron chi connectivity index (χ2n) is 14.1.